The van der Waals surface area contributed by atoms with Crippen LogP contribution >= 0.6 is 24.0 Å². The van der Waals surface area contributed by atoms with Crippen LogP contribution in [0.4, 0.5) is 5.69 Å². The van der Waals surface area contributed by atoms with Gasteiger partial charge in [-0.25, -0.2) is 0 Å². The summed E-state index contributed by atoms with van der Waals surface area (Å²) in [4.78, 5) is 2.50. The van der Waals surface area contributed by atoms with E-state index in [0.717, 1.165) is 5.69 Å². The Morgan fingerprint density at radius 1 is 1.13 bits per heavy atom. The number of nitrogens with one attached hydrogen (secondary N) is 2. The molecule has 0 heterocycles. The number of aryl methyl sites for hydroxylation is 2. The quantitative estimate of drug-likeness (QED) is 0.599. The van der Waals surface area contributed by atoms with Crippen molar-refractivity contribution in [2.75, 3.05) is 25.6 Å². The van der Waals surface area contributed by atoms with Crippen LogP contribution in [0.15, 0.2) is 52.3 Å². The highest BCUT2D eigenvalue weighted by Gasteiger charge is 2.03. The topological polar surface area (TPSA) is 33.3 Å². The van der Waals surface area contributed by atoms with Gasteiger partial charge in [-0.05, 0) is 67.5 Å². The lowest BCUT2D eigenvalue weighted by molar-refractivity contribution is 0.204. The minimum Gasteiger partial charge on any atom is -0.383 e. The predicted molar refractivity (Wildman–Crippen MR) is 103 cm³/mol. The van der Waals surface area contributed by atoms with Gasteiger partial charge in [-0.1, -0.05) is 23.9 Å². The third-order valence-electron chi connectivity index (χ3n) is 3.28. The minimum absolute atomic E-state index is 0.608. The molecule has 0 unspecified atom stereocenters. The van der Waals surface area contributed by atoms with Crippen molar-refractivity contribution in [1.29, 1.82) is 0 Å². The highest BCUT2D eigenvalue weighted by molar-refractivity contribution is 7.99. The van der Waals surface area contributed by atoms with Gasteiger partial charge in [0.2, 0.25) is 0 Å². The van der Waals surface area contributed by atoms with E-state index >= 15 is 0 Å². The number of hydrogen-bond acceptors (Lipinski definition) is 3. The van der Waals surface area contributed by atoms with Crippen LogP contribution in [0.1, 0.15) is 11.1 Å². The third kappa shape index (κ3) is 5.86. The normalized spacial score (nSPS) is 10.4. The molecule has 2 rings (SSSR count). The molecule has 0 fully saturated rings. The lowest BCUT2D eigenvalue weighted by atomic mass is 10.2. The van der Waals surface area contributed by atoms with Gasteiger partial charge in [0.05, 0.1) is 6.61 Å². The second-order valence-electron chi connectivity index (χ2n) is 5.27. The number of rotatable bonds is 6. The van der Waals surface area contributed by atoms with E-state index in [2.05, 4.69) is 54.8 Å². The summed E-state index contributed by atoms with van der Waals surface area (Å²) in [6.45, 7) is 5.59. The average molecular weight is 347 g/mol. The summed E-state index contributed by atoms with van der Waals surface area (Å²) in [5.74, 6) is 0. The van der Waals surface area contributed by atoms with Gasteiger partial charge in [-0.15, -0.1) is 0 Å². The largest absolute Gasteiger partial charge is 0.383 e. The van der Waals surface area contributed by atoms with Crippen LogP contribution in [0.25, 0.3) is 0 Å². The van der Waals surface area contributed by atoms with Crippen molar-refractivity contribution in [3.8, 4) is 0 Å². The van der Waals surface area contributed by atoms with Crippen molar-refractivity contribution in [2.24, 2.45) is 0 Å². The summed E-state index contributed by atoms with van der Waals surface area (Å²) in [6.07, 6.45) is 0. The van der Waals surface area contributed by atoms with Gasteiger partial charge in [-0.2, -0.15) is 0 Å². The molecule has 23 heavy (non-hydrogen) atoms. The van der Waals surface area contributed by atoms with Crippen molar-refractivity contribution in [3.05, 3.63) is 53.6 Å². The zero-order valence-electron chi connectivity index (χ0n) is 13.7. The van der Waals surface area contributed by atoms with Crippen LogP contribution in [0.3, 0.4) is 0 Å². The summed E-state index contributed by atoms with van der Waals surface area (Å²) in [5, 5.41) is 6.87. The molecule has 0 aromatic heterocycles. The number of hydrogen-bond donors (Lipinski definition) is 2. The molecular weight excluding hydrogens is 324 g/mol. The summed E-state index contributed by atoms with van der Waals surface area (Å²) >= 11 is 7.02. The van der Waals surface area contributed by atoms with Crippen LogP contribution in [-0.4, -0.2) is 25.4 Å². The smallest absolute Gasteiger partial charge is 0.170 e. The van der Waals surface area contributed by atoms with Crippen molar-refractivity contribution in [2.45, 2.75) is 23.6 Å². The Bertz CT molecular complexity index is 657. The van der Waals surface area contributed by atoms with Gasteiger partial charge in [0.1, 0.15) is 0 Å². The summed E-state index contributed by atoms with van der Waals surface area (Å²) in [6, 6.07) is 14.8. The second kappa shape index (κ2) is 8.91. The molecule has 2 aromatic rings. The molecule has 122 valence electrons. The van der Waals surface area contributed by atoms with Gasteiger partial charge in [0, 0.05) is 29.1 Å². The van der Waals surface area contributed by atoms with E-state index < -0.39 is 0 Å². The molecule has 0 atom stereocenters. The maximum absolute atomic E-state index is 5.24. The second-order valence-corrected chi connectivity index (χ2v) is 6.79. The first-order valence-corrected chi connectivity index (χ1v) is 8.70. The van der Waals surface area contributed by atoms with Crippen molar-refractivity contribution < 1.29 is 4.74 Å². The SMILES string of the molecule is COCCNC(=S)Nc1ccc(Sc2cc(C)ccc2C)cc1. The van der Waals surface area contributed by atoms with Crippen molar-refractivity contribution in [1.82, 2.24) is 5.32 Å². The lowest BCUT2D eigenvalue weighted by Gasteiger charge is -2.11. The zero-order valence-corrected chi connectivity index (χ0v) is 15.3. The number of anilines is 1. The molecule has 2 N–H and O–H groups in total. The molecule has 0 aliphatic rings. The molecule has 0 saturated heterocycles. The Morgan fingerprint density at radius 3 is 2.57 bits per heavy atom. The Labute approximate surface area is 147 Å². The molecular formula is C18H22N2OS2. The van der Waals surface area contributed by atoms with Gasteiger partial charge >= 0.3 is 0 Å². The van der Waals surface area contributed by atoms with E-state index in [1.54, 1.807) is 18.9 Å². The monoisotopic (exact) mass is 346 g/mol. The fraction of sp³-hybridized carbons (Fsp3) is 0.278. The van der Waals surface area contributed by atoms with E-state index in [1.165, 1.54) is 20.9 Å². The highest BCUT2D eigenvalue weighted by Crippen LogP contribution is 2.31. The van der Waals surface area contributed by atoms with Gasteiger partial charge in [0.25, 0.3) is 0 Å². The first kappa shape index (κ1) is 17.8. The predicted octanol–water partition coefficient (Wildman–Crippen LogP) is 4.39. The zero-order chi connectivity index (χ0) is 16.7. The molecule has 0 bridgehead atoms. The Kier molecular flexibility index (Phi) is 6.89. The van der Waals surface area contributed by atoms with Crippen LogP contribution < -0.4 is 10.6 Å². The highest BCUT2D eigenvalue weighted by atomic mass is 32.2. The maximum atomic E-state index is 5.24. The summed E-state index contributed by atoms with van der Waals surface area (Å²) in [5.41, 5.74) is 3.56. The van der Waals surface area contributed by atoms with E-state index in [9.17, 15) is 0 Å². The molecule has 5 heteroatoms. The number of ether oxygens (including phenoxy) is 1. The van der Waals surface area contributed by atoms with Gasteiger partial charge < -0.3 is 15.4 Å². The molecule has 3 nitrogen and oxygen atoms in total. The van der Waals surface area contributed by atoms with E-state index in [1.807, 2.05) is 12.1 Å². The van der Waals surface area contributed by atoms with E-state index in [0.29, 0.717) is 18.3 Å². The van der Waals surface area contributed by atoms with Crippen LogP contribution in [0, 0.1) is 13.8 Å². The molecule has 0 amide bonds. The maximum Gasteiger partial charge on any atom is 0.170 e. The molecule has 2 aromatic carbocycles. The Balaban J connectivity index is 1.94. The summed E-state index contributed by atoms with van der Waals surface area (Å²) in [7, 11) is 1.67. The van der Waals surface area contributed by atoms with E-state index in [4.69, 9.17) is 17.0 Å². The fourth-order valence-corrected chi connectivity index (χ4v) is 3.21. The number of thiocarbonyl (C=S) groups is 1. The van der Waals surface area contributed by atoms with Crippen LogP contribution in [-0.2, 0) is 4.74 Å². The lowest BCUT2D eigenvalue weighted by Crippen LogP contribution is -2.31. The molecule has 0 spiro atoms. The Morgan fingerprint density at radius 2 is 1.87 bits per heavy atom. The molecule has 0 aliphatic heterocycles. The average Bonchev–Trinajstić information content (AvgIpc) is 2.53. The first-order valence-electron chi connectivity index (χ1n) is 7.47. The fourth-order valence-electron chi connectivity index (χ4n) is 1.99. The standard InChI is InChI=1S/C18H22N2OS2/c1-13-4-5-14(2)17(12-13)23-16-8-6-15(7-9-16)20-18(22)19-10-11-21-3/h4-9,12H,10-11H2,1-3H3,(H2,19,20,22). The van der Waals surface area contributed by atoms with E-state index in [-0.39, 0.29) is 0 Å². The third-order valence-corrected chi connectivity index (χ3v) is 4.69. The first-order chi connectivity index (χ1) is 11.1. The van der Waals surface area contributed by atoms with Crippen LogP contribution in [0.2, 0.25) is 0 Å². The minimum atomic E-state index is 0.608. The Hall–Kier alpha value is -1.56. The van der Waals surface area contributed by atoms with Gasteiger partial charge in [-0.3, -0.25) is 0 Å². The molecule has 0 saturated carbocycles. The van der Waals surface area contributed by atoms with Crippen molar-refractivity contribution >= 4 is 34.8 Å². The number of benzene rings is 2. The van der Waals surface area contributed by atoms with Gasteiger partial charge in [0.15, 0.2) is 5.11 Å². The molecule has 0 aliphatic carbocycles. The summed E-state index contributed by atoms with van der Waals surface area (Å²) < 4.78 is 4.98. The van der Waals surface area contributed by atoms with Crippen molar-refractivity contribution in [3.63, 3.8) is 0 Å². The molecule has 0 radical (unpaired) electrons. The van der Waals surface area contributed by atoms with Crippen LogP contribution in [0.5, 0.6) is 0 Å². The number of methoxy groups -OCH3 is 1.